The van der Waals surface area contributed by atoms with Gasteiger partial charge in [-0.3, -0.25) is 4.79 Å². The predicted octanol–water partition coefficient (Wildman–Crippen LogP) is 2.34. The fourth-order valence-corrected chi connectivity index (χ4v) is 2.43. The molecule has 1 aliphatic carbocycles. The zero-order valence-electron chi connectivity index (χ0n) is 11.5. The van der Waals surface area contributed by atoms with Crippen LogP contribution in [0, 0.1) is 17.3 Å². The van der Waals surface area contributed by atoms with Crippen molar-refractivity contribution in [3.63, 3.8) is 0 Å². The Morgan fingerprint density at radius 3 is 2.29 bits per heavy atom. The van der Waals surface area contributed by atoms with Gasteiger partial charge in [0.25, 0.3) is 0 Å². The summed E-state index contributed by atoms with van der Waals surface area (Å²) in [6.45, 7) is 6.93. The molecule has 0 bridgehead atoms. The summed E-state index contributed by atoms with van der Waals surface area (Å²) in [6, 6.07) is 0. The second-order valence-corrected chi connectivity index (χ2v) is 5.97. The summed E-state index contributed by atoms with van der Waals surface area (Å²) >= 11 is 0. The monoisotopic (exact) mass is 241 g/mol. The van der Waals surface area contributed by atoms with Crippen LogP contribution in [0.2, 0.25) is 0 Å². The third-order valence-electron chi connectivity index (χ3n) is 4.30. The van der Waals surface area contributed by atoms with Crippen LogP contribution < -0.4 is 5.32 Å². The van der Waals surface area contributed by atoms with E-state index >= 15 is 0 Å². The van der Waals surface area contributed by atoms with Gasteiger partial charge in [-0.05, 0) is 18.8 Å². The molecular weight excluding hydrogens is 214 g/mol. The van der Waals surface area contributed by atoms with E-state index in [1.165, 1.54) is 19.3 Å². The molecule has 1 atom stereocenters. The quantitative estimate of drug-likeness (QED) is 0.776. The second kappa shape index (κ2) is 6.39. The van der Waals surface area contributed by atoms with Gasteiger partial charge in [-0.1, -0.05) is 40.0 Å². The van der Waals surface area contributed by atoms with Gasteiger partial charge in [-0.2, -0.15) is 0 Å². The Labute approximate surface area is 105 Å². The zero-order chi connectivity index (χ0) is 12.9. The number of carbonyl (C=O) groups is 1. The molecule has 1 unspecified atom stereocenters. The average Bonchev–Trinajstić information content (AvgIpc) is 2.36. The van der Waals surface area contributed by atoms with E-state index in [0.717, 1.165) is 12.8 Å². The summed E-state index contributed by atoms with van der Waals surface area (Å²) < 4.78 is 0. The lowest BCUT2D eigenvalue weighted by molar-refractivity contribution is -0.126. The number of nitrogens with one attached hydrogen (secondary N) is 1. The summed E-state index contributed by atoms with van der Waals surface area (Å²) in [6.07, 6.45) is 5.70. The van der Waals surface area contributed by atoms with Crippen LogP contribution in [0.15, 0.2) is 0 Å². The fourth-order valence-electron chi connectivity index (χ4n) is 2.43. The van der Waals surface area contributed by atoms with E-state index in [-0.39, 0.29) is 23.8 Å². The van der Waals surface area contributed by atoms with Gasteiger partial charge < -0.3 is 10.4 Å². The summed E-state index contributed by atoms with van der Waals surface area (Å²) in [4.78, 5) is 11.9. The van der Waals surface area contributed by atoms with Crippen LogP contribution in [0.1, 0.15) is 52.9 Å². The maximum atomic E-state index is 11.9. The van der Waals surface area contributed by atoms with Crippen molar-refractivity contribution < 1.29 is 9.90 Å². The van der Waals surface area contributed by atoms with Crippen molar-refractivity contribution in [2.45, 2.75) is 52.9 Å². The number of hydrogen-bond donors (Lipinski definition) is 2. The lowest BCUT2D eigenvalue weighted by Crippen LogP contribution is -2.43. The first kappa shape index (κ1) is 14.5. The number of hydrogen-bond acceptors (Lipinski definition) is 2. The smallest absolute Gasteiger partial charge is 0.223 e. The normalized spacial score (nSPS) is 21.2. The molecule has 0 spiro atoms. The van der Waals surface area contributed by atoms with Crippen molar-refractivity contribution in [2.24, 2.45) is 17.3 Å². The summed E-state index contributed by atoms with van der Waals surface area (Å²) in [5, 5.41) is 12.6. The molecule has 3 nitrogen and oxygen atoms in total. The van der Waals surface area contributed by atoms with Crippen molar-refractivity contribution >= 4 is 5.91 Å². The molecule has 0 aromatic carbocycles. The van der Waals surface area contributed by atoms with E-state index in [9.17, 15) is 9.90 Å². The topological polar surface area (TPSA) is 49.3 Å². The minimum Gasteiger partial charge on any atom is -0.396 e. The highest BCUT2D eigenvalue weighted by Crippen LogP contribution is 2.35. The van der Waals surface area contributed by atoms with E-state index in [1.807, 2.05) is 6.92 Å². The predicted molar refractivity (Wildman–Crippen MR) is 69.6 cm³/mol. The maximum absolute atomic E-state index is 11.9. The van der Waals surface area contributed by atoms with Crippen molar-refractivity contribution in [1.82, 2.24) is 5.32 Å². The molecule has 1 saturated carbocycles. The van der Waals surface area contributed by atoms with Gasteiger partial charge in [0.05, 0.1) is 6.61 Å². The van der Waals surface area contributed by atoms with Crippen LogP contribution in [0.25, 0.3) is 0 Å². The summed E-state index contributed by atoms with van der Waals surface area (Å²) in [7, 11) is 0. The molecule has 0 aromatic heterocycles. The zero-order valence-corrected chi connectivity index (χ0v) is 11.5. The number of amides is 1. The molecule has 1 amide bonds. The van der Waals surface area contributed by atoms with E-state index < -0.39 is 0 Å². The highest BCUT2D eigenvalue weighted by Gasteiger charge is 2.32. The summed E-state index contributed by atoms with van der Waals surface area (Å²) in [5.74, 6) is 0.541. The van der Waals surface area contributed by atoms with E-state index in [4.69, 9.17) is 0 Å². The van der Waals surface area contributed by atoms with E-state index in [1.54, 1.807) is 0 Å². The average molecular weight is 241 g/mol. The Hall–Kier alpha value is -0.570. The van der Waals surface area contributed by atoms with Crippen molar-refractivity contribution in [2.75, 3.05) is 13.2 Å². The molecule has 0 radical (unpaired) electrons. The minimum atomic E-state index is -0.0510. The first-order valence-electron chi connectivity index (χ1n) is 6.89. The van der Waals surface area contributed by atoms with Crippen molar-refractivity contribution in [1.29, 1.82) is 0 Å². The minimum absolute atomic E-state index is 0.0503. The largest absolute Gasteiger partial charge is 0.396 e. The van der Waals surface area contributed by atoms with E-state index in [0.29, 0.717) is 12.5 Å². The highest BCUT2D eigenvalue weighted by atomic mass is 16.3. The maximum Gasteiger partial charge on any atom is 0.223 e. The standard InChI is InChI=1S/C14H27NO2/c1-11(2)12(3)13(17)15-9-14(10-16)7-5-4-6-8-14/h11-12,16H,4-10H2,1-3H3,(H,15,17). The molecule has 0 saturated heterocycles. The Balaban J connectivity index is 2.44. The van der Waals surface area contributed by atoms with Crippen LogP contribution in [0.5, 0.6) is 0 Å². The van der Waals surface area contributed by atoms with Gasteiger partial charge >= 0.3 is 0 Å². The van der Waals surface area contributed by atoms with Crippen LogP contribution in [0.3, 0.4) is 0 Å². The van der Waals surface area contributed by atoms with Crippen LogP contribution in [-0.2, 0) is 4.79 Å². The van der Waals surface area contributed by atoms with E-state index in [2.05, 4.69) is 19.2 Å². The molecule has 1 aliphatic rings. The van der Waals surface area contributed by atoms with Gasteiger partial charge in [0.15, 0.2) is 0 Å². The summed E-state index contributed by atoms with van der Waals surface area (Å²) in [5.41, 5.74) is -0.0510. The van der Waals surface area contributed by atoms with Crippen molar-refractivity contribution in [3.8, 4) is 0 Å². The number of rotatable bonds is 5. The van der Waals surface area contributed by atoms with Gasteiger partial charge in [0.1, 0.15) is 0 Å². The molecule has 1 fully saturated rings. The molecular formula is C14H27NO2. The lowest BCUT2D eigenvalue weighted by atomic mass is 9.74. The Bertz CT molecular complexity index is 245. The molecule has 2 N–H and O–H groups in total. The van der Waals surface area contributed by atoms with Crippen LogP contribution >= 0.6 is 0 Å². The van der Waals surface area contributed by atoms with Gasteiger partial charge in [-0.25, -0.2) is 0 Å². The molecule has 0 aliphatic heterocycles. The first-order chi connectivity index (χ1) is 8.01. The first-order valence-corrected chi connectivity index (χ1v) is 6.89. The fraction of sp³-hybridized carbons (Fsp3) is 0.929. The molecule has 0 heterocycles. The Kier molecular flexibility index (Phi) is 5.44. The second-order valence-electron chi connectivity index (χ2n) is 5.97. The molecule has 100 valence electrons. The van der Waals surface area contributed by atoms with Gasteiger partial charge in [-0.15, -0.1) is 0 Å². The van der Waals surface area contributed by atoms with Gasteiger partial charge in [0, 0.05) is 17.9 Å². The Morgan fingerprint density at radius 1 is 1.24 bits per heavy atom. The SMILES string of the molecule is CC(C)C(C)C(=O)NCC1(CO)CCCCC1. The van der Waals surface area contributed by atoms with Crippen molar-refractivity contribution in [3.05, 3.63) is 0 Å². The number of carbonyl (C=O) groups excluding carboxylic acids is 1. The molecule has 0 aromatic rings. The van der Waals surface area contributed by atoms with Gasteiger partial charge in [0.2, 0.25) is 5.91 Å². The van der Waals surface area contributed by atoms with Crippen LogP contribution in [-0.4, -0.2) is 24.2 Å². The Morgan fingerprint density at radius 2 is 1.82 bits per heavy atom. The number of aliphatic hydroxyl groups is 1. The highest BCUT2D eigenvalue weighted by molar-refractivity contribution is 5.78. The number of aliphatic hydroxyl groups excluding tert-OH is 1. The molecule has 1 rings (SSSR count). The third-order valence-corrected chi connectivity index (χ3v) is 4.30. The molecule has 3 heteroatoms. The lowest BCUT2D eigenvalue weighted by Gasteiger charge is -2.36. The third kappa shape index (κ3) is 3.98. The van der Waals surface area contributed by atoms with Crippen LogP contribution in [0.4, 0.5) is 0 Å². The molecule has 17 heavy (non-hydrogen) atoms.